The monoisotopic (exact) mass is 292 g/mol. The molecular formula is C18H28O3. The quantitative estimate of drug-likeness (QED) is 0.858. The third-order valence-electron chi connectivity index (χ3n) is 6.92. The van der Waals surface area contributed by atoms with Crippen molar-refractivity contribution < 1.29 is 14.7 Å². The fourth-order valence-corrected chi connectivity index (χ4v) is 5.90. The number of fused-ring (bicyclic) bond motifs is 3. The number of hydrogen-bond acceptors (Lipinski definition) is 2. The SMILES string of the molecule is C[C@@H]1CC2CCC3C(CCC(=O)[C@]3(C)CCC(=O)O)C2C1. The number of rotatable bonds is 3. The lowest BCUT2D eigenvalue weighted by molar-refractivity contribution is -0.145. The third-order valence-corrected chi connectivity index (χ3v) is 6.92. The van der Waals surface area contributed by atoms with Crippen LogP contribution < -0.4 is 0 Å². The lowest BCUT2D eigenvalue weighted by Gasteiger charge is -2.51. The Kier molecular flexibility index (Phi) is 3.87. The number of aliphatic carboxylic acids is 1. The molecule has 3 fully saturated rings. The van der Waals surface area contributed by atoms with E-state index in [2.05, 4.69) is 13.8 Å². The maximum absolute atomic E-state index is 12.5. The average molecular weight is 292 g/mol. The molecule has 0 aromatic rings. The van der Waals surface area contributed by atoms with E-state index in [-0.39, 0.29) is 11.8 Å². The highest BCUT2D eigenvalue weighted by Gasteiger charge is 2.54. The Morgan fingerprint density at radius 3 is 2.71 bits per heavy atom. The summed E-state index contributed by atoms with van der Waals surface area (Å²) >= 11 is 0. The van der Waals surface area contributed by atoms with E-state index in [1.165, 1.54) is 19.3 Å². The maximum Gasteiger partial charge on any atom is 0.303 e. The molecule has 0 aromatic heterocycles. The van der Waals surface area contributed by atoms with E-state index in [0.29, 0.717) is 30.5 Å². The molecule has 0 aromatic carbocycles. The molecule has 0 bridgehead atoms. The molecule has 3 nitrogen and oxygen atoms in total. The van der Waals surface area contributed by atoms with E-state index < -0.39 is 5.97 Å². The van der Waals surface area contributed by atoms with Crippen molar-refractivity contribution in [3.05, 3.63) is 0 Å². The lowest BCUT2D eigenvalue weighted by Crippen LogP contribution is -2.49. The van der Waals surface area contributed by atoms with Gasteiger partial charge in [0.25, 0.3) is 0 Å². The van der Waals surface area contributed by atoms with Gasteiger partial charge in [0.1, 0.15) is 5.78 Å². The van der Waals surface area contributed by atoms with Crippen LogP contribution >= 0.6 is 0 Å². The van der Waals surface area contributed by atoms with Crippen molar-refractivity contribution in [2.75, 3.05) is 0 Å². The zero-order valence-electron chi connectivity index (χ0n) is 13.3. The molecule has 0 heterocycles. The second-order valence-electron chi connectivity index (χ2n) is 8.12. The largest absolute Gasteiger partial charge is 0.481 e. The van der Waals surface area contributed by atoms with Crippen LogP contribution in [0.5, 0.6) is 0 Å². The van der Waals surface area contributed by atoms with Crippen LogP contribution in [0.1, 0.15) is 65.2 Å². The summed E-state index contributed by atoms with van der Waals surface area (Å²) in [5, 5.41) is 9.01. The Bertz CT molecular complexity index is 444. The molecule has 3 saturated carbocycles. The number of Topliss-reactive ketones (excluding diaryl/α,β-unsaturated/α-hetero) is 1. The fraction of sp³-hybridized carbons (Fsp3) is 0.889. The molecule has 1 N–H and O–H groups in total. The highest BCUT2D eigenvalue weighted by Crippen LogP contribution is 2.58. The number of carboxylic acids is 1. The van der Waals surface area contributed by atoms with Gasteiger partial charge in [0.15, 0.2) is 0 Å². The van der Waals surface area contributed by atoms with E-state index in [0.717, 1.165) is 30.6 Å². The molecule has 21 heavy (non-hydrogen) atoms. The molecule has 0 aliphatic heterocycles. The summed E-state index contributed by atoms with van der Waals surface area (Å²) in [7, 11) is 0. The minimum Gasteiger partial charge on any atom is -0.481 e. The van der Waals surface area contributed by atoms with Crippen LogP contribution in [0.15, 0.2) is 0 Å². The normalized spacial score (nSPS) is 46.0. The molecule has 4 unspecified atom stereocenters. The van der Waals surface area contributed by atoms with Gasteiger partial charge in [0.2, 0.25) is 0 Å². The van der Waals surface area contributed by atoms with Gasteiger partial charge in [-0.1, -0.05) is 13.8 Å². The van der Waals surface area contributed by atoms with Gasteiger partial charge in [-0.2, -0.15) is 0 Å². The van der Waals surface area contributed by atoms with Crippen LogP contribution in [0.2, 0.25) is 0 Å². The lowest BCUT2D eigenvalue weighted by atomic mass is 9.52. The van der Waals surface area contributed by atoms with Gasteiger partial charge in [-0.15, -0.1) is 0 Å². The molecule has 3 rings (SSSR count). The van der Waals surface area contributed by atoms with Gasteiger partial charge >= 0.3 is 5.97 Å². The van der Waals surface area contributed by atoms with Gasteiger partial charge in [0, 0.05) is 18.3 Å². The molecule has 118 valence electrons. The summed E-state index contributed by atoms with van der Waals surface area (Å²) in [6.45, 7) is 4.43. The summed E-state index contributed by atoms with van der Waals surface area (Å²) in [5.41, 5.74) is -0.377. The maximum atomic E-state index is 12.5. The Morgan fingerprint density at radius 1 is 1.24 bits per heavy atom. The van der Waals surface area contributed by atoms with Crippen molar-refractivity contribution in [1.82, 2.24) is 0 Å². The smallest absolute Gasteiger partial charge is 0.303 e. The first-order chi connectivity index (χ1) is 9.91. The topological polar surface area (TPSA) is 54.4 Å². The summed E-state index contributed by atoms with van der Waals surface area (Å²) in [6, 6.07) is 0. The number of hydrogen-bond donors (Lipinski definition) is 1. The molecular weight excluding hydrogens is 264 g/mol. The average Bonchev–Trinajstić information content (AvgIpc) is 2.81. The second-order valence-corrected chi connectivity index (χ2v) is 8.12. The van der Waals surface area contributed by atoms with Gasteiger partial charge in [-0.3, -0.25) is 9.59 Å². The highest BCUT2D eigenvalue weighted by atomic mass is 16.4. The van der Waals surface area contributed by atoms with Crippen LogP contribution in [0.4, 0.5) is 0 Å². The van der Waals surface area contributed by atoms with E-state index in [1.54, 1.807) is 0 Å². The predicted octanol–water partition coefficient (Wildman–Crippen LogP) is 3.91. The summed E-state index contributed by atoms with van der Waals surface area (Å²) < 4.78 is 0. The van der Waals surface area contributed by atoms with Crippen LogP contribution in [0.25, 0.3) is 0 Å². The number of ketones is 1. The Hall–Kier alpha value is -0.860. The summed E-state index contributed by atoms with van der Waals surface area (Å²) in [5.74, 6) is 3.18. The molecule has 0 spiro atoms. The van der Waals surface area contributed by atoms with Gasteiger partial charge < -0.3 is 5.11 Å². The van der Waals surface area contributed by atoms with Crippen molar-refractivity contribution in [3.8, 4) is 0 Å². The van der Waals surface area contributed by atoms with Crippen molar-refractivity contribution in [3.63, 3.8) is 0 Å². The van der Waals surface area contributed by atoms with E-state index in [4.69, 9.17) is 5.11 Å². The van der Waals surface area contributed by atoms with Crippen molar-refractivity contribution in [2.24, 2.45) is 35.0 Å². The van der Waals surface area contributed by atoms with E-state index >= 15 is 0 Å². The minimum absolute atomic E-state index is 0.135. The first-order valence-electron chi connectivity index (χ1n) is 8.67. The van der Waals surface area contributed by atoms with Crippen molar-refractivity contribution in [2.45, 2.75) is 65.2 Å². The summed E-state index contributed by atoms with van der Waals surface area (Å²) in [6.07, 6.45) is 7.50. The zero-order valence-corrected chi connectivity index (χ0v) is 13.3. The van der Waals surface area contributed by atoms with Crippen LogP contribution in [-0.2, 0) is 9.59 Å². The summed E-state index contributed by atoms with van der Waals surface area (Å²) in [4.78, 5) is 23.5. The van der Waals surface area contributed by atoms with Crippen LogP contribution in [0, 0.1) is 35.0 Å². The van der Waals surface area contributed by atoms with Crippen molar-refractivity contribution >= 4 is 11.8 Å². The number of carbonyl (C=O) groups excluding carboxylic acids is 1. The Morgan fingerprint density at radius 2 is 2.00 bits per heavy atom. The van der Waals surface area contributed by atoms with E-state index in [9.17, 15) is 9.59 Å². The molecule has 3 heteroatoms. The first kappa shape index (κ1) is 15.1. The van der Waals surface area contributed by atoms with Gasteiger partial charge in [0.05, 0.1) is 0 Å². The number of carboxylic acid groups (broad SMARTS) is 1. The molecule has 3 aliphatic rings. The third kappa shape index (κ3) is 2.53. The first-order valence-corrected chi connectivity index (χ1v) is 8.67. The molecule has 3 aliphatic carbocycles. The van der Waals surface area contributed by atoms with Crippen molar-refractivity contribution in [1.29, 1.82) is 0 Å². The van der Waals surface area contributed by atoms with E-state index in [1.807, 2.05) is 0 Å². The number of carbonyl (C=O) groups is 2. The standard InChI is InChI=1S/C18H28O3/c1-11-9-12-3-5-15-13(14(12)10-11)4-6-16(19)18(15,2)8-7-17(20)21/h11-15H,3-10H2,1-2H3,(H,20,21)/t11-,12?,13?,14?,15?,18-/m1/s1. The van der Waals surface area contributed by atoms with Crippen LogP contribution in [-0.4, -0.2) is 16.9 Å². The highest BCUT2D eigenvalue weighted by molar-refractivity contribution is 5.86. The molecule has 0 radical (unpaired) electrons. The Labute approximate surface area is 127 Å². The molecule has 0 saturated heterocycles. The van der Waals surface area contributed by atoms with Gasteiger partial charge in [-0.25, -0.2) is 0 Å². The van der Waals surface area contributed by atoms with Crippen LogP contribution in [0.3, 0.4) is 0 Å². The minimum atomic E-state index is -0.769. The molecule has 6 atom stereocenters. The Balaban J connectivity index is 1.81. The second kappa shape index (κ2) is 5.40. The zero-order chi connectivity index (χ0) is 15.2. The fourth-order valence-electron chi connectivity index (χ4n) is 5.90. The van der Waals surface area contributed by atoms with Gasteiger partial charge in [-0.05, 0) is 68.1 Å². The molecule has 0 amide bonds. The predicted molar refractivity (Wildman–Crippen MR) is 80.8 cm³/mol.